The van der Waals surface area contributed by atoms with Gasteiger partial charge in [0.05, 0.1) is 27.7 Å². The Kier molecular flexibility index (Phi) is 5.00. The molecular weight excluding hydrogens is 629 g/mol. The van der Waals surface area contributed by atoms with Crippen molar-refractivity contribution in [3.63, 3.8) is 0 Å². The zero-order chi connectivity index (χ0) is 40.0. The fraction of sp³-hybridized carbons (Fsp3) is 0. The van der Waals surface area contributed by atoms with Crippen LogP contribution in [0, 0.1) is 0 Å². The summed E-state index contributed by atoms with van der Waals surface area (Å²) < 4.78 is 74.7. The van der Waals surface area contributed by atoms with Crippen molar-refractivity contribution in [1.29, 1.82) is 0 Å². The summed E-state index contributed by atoms with van der Waals surface area (Å²) in [5.74, 6) is 1.06. The van der Waals surface area contributed by atoms with Crippen molar-refractivity contribution in [3.8, 4) is 51.0 Å². The molecule has 0 aliphatic rings. The van der Waals surface area contributed by atoms with Crippen molar-refractivity contribution in [3.05, 3.63) is 170 Å². The van der Waals surface area contributed by atoms with Gasteiger partial charge in [0.15, 0.2) is 17.5 Å². The van der Waals surface area contributed by atoms with Gasteiger partial charge in [-0.3, -0.25) is 0 Å². The fourth-order valence-electron chi connectivity index (χ4n) is 6.59. The topological polar surface area (TPSA) is 43.6 Å². The van der Waals surface area contributed by atoms with Crippen molar-refractivity contribution in [2.75, 3.05) is 0 Å². The van der Waals surface area contributed by atoms with E-state index >= 15 is 0 Å². The Balaban J connectivity index is 1.34. The van der Waals surface area contributed by atoms with Gasteiger partial charge in [-0.25, -0.2) is 15.0 Å². The molecule has 0 fully saturated rings. The number of aromatic nitrogens is 4. The predicted molar refractivity (Wildman–Crippen MR) is 209 cm³/mol. The molecule has 234 valence electrons. The lowest BCUT2D eigenvalue weighted by molar-refractivity contribution is 1.06. The maximum absolute atomic E-state index is 9.20. The van der Waals surface area contributed by atoms with E-state index in [1.165, 1.54) is 14.7 Å². The van der Waals surface area contributed by atoms with Gasteiger partial charge >= 0.3 is 0 Å². The highest BCUT2D eigenvalue weighted by molar-refractivity contribution is 7.25. The molecule has 0 unspecified atom stereocenters. The molecule has 5 heteroatoms. The molecule has 3 aromatic heterocycles. The molecule has 0 amide bonds. The second kappa shape index (κ2) is 11.6. The molecule has 10 rings (SSSR count). The largest absolute Gasteiger partial charge is 0.309 e. The normalized spacial score (nSPS) is 13.8. The molecule has 0 saturated carbocycles. The Morgan fingerprint density at radius 2 is 0.980 bits per heavy atom. The van der Waals surface area contributed by atoms with Crippen molar-refractivity contribution in [2.45, 2.75) is 0 Å². The summed E-state index contributed by atoms with van der Waals surface area (Å²) in [6.07, 6.45) is 0. The summed E-state index contributed by atoms with van der Waals surface area (Å²) >= 11 is 1.70. The van der Waals surface area contributed by atoms with E-state index in [0.29, 0.717) is 22.9 Å². The quantitative estimate of drug-likeness (QED) is 0.184. The molecule has 0 aliphatic carbocycles. The highest BCUT2D eigenvalue weighted by Crippen LogP contribution is 2.40. The number of hydrogen-bond acceptors (Lipinski definition) is 4. The number of nitrogens with zero attached hydrogens (tertiary/aromatic N) is 4. The van der Waals surface area contributed by atoms with Gasteiger partial charge in [-0.15, -0.1) is 11.3 Å². The van der Waals surface area contributed by atoms with E-state index in [4.69, 9.17) is 23.2 Å². The van der Waals surface area contributed by atoms with Crippen LogP contribution in [0.15, 0.2) is 170 Å². The van der Waals surface area contributed by atoms with Gasteiger partial charge in [0.25, 0.3) is 0 Å². The minimum absolute atomic E-state index is 0.00863. The van der Waals surface area contributed by atoms with Gasteiger partial charge in [0.2, 0.25) is 0 Å². The smallest absolute Gasteiger partial charge is 0.166 e. The van der Waals surface area contributed by atoms with E-state index in [9.17, 15) is 2.74 Å². The van der Waals surface area contributed by atoms with Crippen LogP contribution in [0.25, 0.3) is 93.0 Å². The Bertz CT molecular complexity index is 3200. The molecule has 0 spiro atoms. The molecule has 0 aliphatic heterocycles. The molecule has 7 aromatic carbocycles. The van der Waals surface area contributed by atoms with Gasteiger partial charge in [-0.1, -0.05) is 133 Å². The van der Waals surface area contributed by atoms with E-state index in [0.717, 1.165) is 32.3 Å². The third kappa shape index (κ3) is 4.71. The molecule has 4 nitrogen and oxygen atoms in total. The summed E-state index contributed by atoms with van der Waals surface area (Å²) in [7, 11) is 0. The molecule has 3 heterocycles. The predicted octanol–water partition coefficient (Wildman–Crippen LogP) is 12.0. The van der Waals surface area contributed by atoms with Crippen LogP contribution in [0.1, 0.15) is 11.0 Å². The van der Waals surface area contributed by atoms with E-state index < -0.39 is 36.3 Å². The van der Waals surface area contributed by atoms with E-state index in [-0.39, 0.29) is 39.7 Å². The number of thiophene rings is 1. The second-order valence-electron chi connectivity index (χ2n) is 11.9. The van der Waals surface area contributed by atoms with Gasteiger partial charge in [0, 0.05) is 47.6 Å². The van der Waals surface area contributed by atoms with Gasteiger partial charge in [-0.05, 0) is 47.5 Å². The average Bonchev–Trinajstić information content (AvgIpc) is 3.83. The summed E-state index contributed by atoms with van der Waals surface area (Å²) in [6, 6.07) is 35.7. The second-order valence-corrected chi connectivity index (χ2v) is 12.9. The van der Waals surface area contributed by atoms with Gasteiger partial charge in [0.1, 0.15) is 0 Å². The number of benzene rings is 7. The maximum atomic E-state index is 9.20. The summed E-state index contributed by atoms with van der Waals surface area (Å²) in [4.78, 5) is 15.0. The fourth-order valence-corrected chi connectivity index (χ4v) is 7.73. The molecular formula is C45H28N4S. The number of hydrogen-bond donors (Lipinski definition) is 0. The molecule has 0 atom stereocenters. The number of para-hydroxylation sites is 2. The Hall–Kier alpha value is -6.43. The molecule has 50 heavy (non-hydrogen) atoms. The van der Waals surface area contributed by atoms with E-state index in [1.807, 2.05) is 84.9 Å². The first kappa shape index (κ1) is 21.5. The van der Waals surface area contributed by atoms with E-state index in [2.05, 4.69) is 30.3 Å². The van der Waals surface area contributed by atoms with Crippen LogP contribution in [0.3, 0.4) is 0 Å². The first-order valence-electron chi connectivity index (χ1n) is 20.0. The lowest BCUT2D eigenvalue weighted by atomic mass is 9.99. The maximum Gasteiger partial charge on any atom is 0.166 e. The van der Waals surface area contributed by atoms with Crippen LogP contribution in [-0.2, 0) is 0 Å². The minimum Gasteiger partial charge on any atom is -0.309 e. The molecule has 0 N–H and O–H groups in total. The van der Waals surface area contributed by atoms with Gasteiger partial charge in [-0.2, -0.15) is 0 Å². The zero-order valence-electron chi connectivity index (χ0n) is 34.2. The monoisotopic (exact) mass is 664 g/mol. The average molecular weight is 665 g/mol. The van der Waals surface area contributed by atoms with Gasteiger partial charge < -0.3 is 4.57 Å². The number of rotatable bonds is 5. The molecule has 0 bridgehead atoms. The summed E-state index contributed by atoms with van der Waals surface area (Å²) in [5.41, 5.74) is 4.04. The van der Waals surface area contributed by atoms with Crippen LogP contribution >= 0.6 is 11.3 Å². The summed E-state index contributed by atoms with van der Waals surface area (Å²) in [6.45, 7) is 0. The van der Waals surface area contributed by atoms with Crippen molar-refractivity contribution in [2.24, 2.45) is 0 Å². The molecule has 10 aromatic rings. The Labute approximate surface area is 303 Å². The first-order valence-corrected chi connectivity index (χ1v) is 16.9. The van der Waals surface area contributed by atoms with Crippen LogP contribution in [0.5, 0.6) is 0 Å². The lowest BCUT2D eigenvalue weighted by Crippen LogP contribution is -2.04. The van der Waals surface area contributed by atoms with Crippen molar-refractivity contribution >= 4 is 53.3 Å². The Morgan fingerprint density at radius 3 is 1.66 bits per heavy atom. The SMILES string of the molecule is [2H]c1c([2H])c([2H])c2c(c1[2H])c1c([2H])c([2H])c([2H])c([2H])c1n2-c1ccc(-c2ccc3c(c2)sc2ccccc23)cc1-c1nc(-c2ccccc2)nc(-c2ccccc2)n1. The standard InChI is InChI=1S/C45H28N4S/c1-3-13-29(14-4-1)43-46-44(30-15-5-2-6-16-30)48-45(47-43)37-27-31(32-23-25-36-35-19-9-12-22-41(35)50-42(36)28-32)24-26-40(37)49-38-20-10-7-17-33(38)34-18-8-11-21-39(34)49/h1-28H/i7D,8D,10D,11D,17D,18D,20D,21D. The lowest BCUT2D eigenvalue weighted by Gasteiger charge is -2.16. The first-order chi connectivity index (χ1) is 28.1. The van der Waals surface area contributed by atoms with Crippen molar-refractivity contribution < 1.29 is 11.0 Å². The minimum atomic E-state index is -0.506. The molecule has 0 saturated heterocycles. The molecule has 0 radical (unpaired) electrons. The van der Waals surface area contributed by atoms with E-state index in [1.54, 1.807) is 17.4 Å². The third-order valence-corrected chi connectivity index (χ3v) is 10.1. The highest BCUT2D eigenvalue weighted by atomic mass is 32.1. The number of fused-ring (bicyclic) bond motifs is 6. The summed E-state index contributed by atoms with van der Waals surface area (Å²) in [5, 5.41) is 2.30. The van der Waals surface area contributed by atoms with Crippen molar-refractivity contribution in [1.82, 2.24) is 19.5 Å². The highest BCUT2D eigenvalue weighted by Gasteiger charge is 2.20. The van der Waals surface area contributed by atoms with Crippen LogP contribution in [-0.4, -0.2) is 19.5 Å². The van der Waals surface area contributed by atoms with Crippen LogP contribution in [0.4, 0.5) is 0 Å². The van der Waals surface area contributed by atoms with Crippen LogP contribution in [0.2, 0.25) is 0 Å². The zero-order valence-corrected chi connectivity index (χ0v) is 27.1. The third-order valence-electron chi connectivity index (χ3n) is 8.92. The Morgan fingerprint density at radius 1 is 0.440 bits per heavy atom. The van der Waals surface area contributed by atoms with Crippen LogP contribution < -0.4 is 0 Å².